The fourth-order valence-electron chi connectivity index (χ4n) is 2.78. The quantitative estimate of drug-likeness (QED) is 0.866. The van der Waals surface area contributed by atoms with Crippen LogP contribution >= 0.6 is 0 Å². The van der Waals surface area contributed by atoms with Crippen LogP contribution in [0.4, 0.5) is 0 Å². The number of aliphatic hydroxyl groups is 1. The molecule has 1 aliphatic rings. The topological polar surface area (TPSA) is 49.8 Å². The van der Waals surface area contributed by atoms with Gasteiger partial charge in [-0.2, -0.15) is 0 Å². The number of carbonyl (C=O) groups excluding carboxylic acids is 1. The number of likely N-dealkylation sites (tertiary alicyclic amines) is 1. The van der Waals surface area contributed by atoms with Crippen molar-refractivity contribution in [2.45, 2.75) is 51.3 Å². The number of β-amino-alcohol motifs (C(OH)–C–C–N with tert-alkyl or cyclic N) is 1. The molecule has 0 aromatic heterocycles. The first-order valence-electron chi connectivity index (χ1n) is 7.40. The lowest BCUT2D eigenvalue weighted by Crippen LogP contribution is -2.36. The van der Waals surface area contributed by atoms with Gasteiger partial charge < -0.3 is 9.84 Å². The Balaban J connectivity index is 2.08. The van der Waals surface area contributed by atoms with E-state index in [1.165, 1.54) is 12.7 Å². The summed E-state index contributed by atoms with van der Waals surface area (Å²) >= 11 is 0. The number of esters is 1. The Morgan fingerprint density at radius 2 is 1.95 bits per heavy atom. The van der Waals surface area contributed by atoms with Gasteiger partial charge in [0.2, 0.25) is 0 Å². The van der Waals surface area contributed by atoms with Gasteiger partial charge in [-0.15, -0.1) is 0 Å². The van der Waals surface area contributed by atoms with Crippen molar-refractivity contribution >= 4 is 5.97 Å². The zero-order chi connectivity index (χ0) is 15.6. The first-order chi connectivity index (χ1) is 9.81. The van der Waals surface area contributed by atoms with E-state index in [9.17, 15) is 9.90 Å². The number of benzene rings is 1. The molecule has 0 spiro atoms. The van der Waals surface area contributed by atoms with Gasteiger partial charge in [0.15, 0.2) is 0 Å². The molecule has 1 aliphatic heterocycles. The van der Waals surface area contributed by atoms with Crippen molar-refractivity contribution in [2.75, 3.05) is 13.7 Å². The van der Waals surface area contributed by atoms with E-state index in [1.54, 1.807) is 0 Å². The molecule has 2 atom stereocenters. The van der Waals surface area contributed by atoms with Crippen molar-refractivity contribution in [2.24, 2.45) is 0 Å². The summed E-state index contributed by atoms with van der Waals surface area (Å²) in [7, 11) is 1.39. The Hall–Kier alpha value is -1.39. The van der Waals surface area contributed by atoms with Gasteiger partial charge in [0.05, 0.1) is 13.2 Å². The minimum absolute atomic E-state index is 0.136. The largest absolute Gasteiger partial charge is 0.468 e. The molecule has 1 fully saturated rings. The van der Waals surface area contributed by atoms with E-state index >= 15 is 0 Å². The molecule has 1 heterocycles. The summed E-state index contributed by atoms with van der Waals surface area (Å²) in [4.78, 5) is 13.8. The van der Waals surface area contributed by atoms with Crippen LogP contribution in [0.1, 0.15) is 38.3 Å². The van der Waals surface area contributed by atoms with E-state index in [4.69, 9.17) is 4.74 Å². The molecule has 2 unspecified atom stereocenters. The molecule has 4 nitrogen and oxygen atoms in total. The number of ether oxygens (including phenoxy) is 1. The third kappa shape index (κ3) is 3.83. The lowest BCUT2D eigenvalue weighted by atomic mass is 9.87. The average molecular weight is 291 g/mol. The second-order valence-corrected chi connectivity index (χ2v) is 6.80. The lowest BCUT2D eigenvalue weighted by molar-refractivity contribution is -0.146. The maximum Gasteiger partial charge on any atom is 0.323 e. The minimum atomic E-state index is -0.456. The summed E-state index contributed by atoms with van der Waals surface area (Å²) in [6.07, 6.45) is -0.00446. The first kappa shape index (κ1) is 16.0. The predicted octanol–water partition coefficient (Wildman–Crippen LogP) is 2.09. The Morgan fingerprint density at radius 1 is 1.33 bits per heavy atom. The number of methoxy groups -OCH3 is 1. The second-order valence-electron chi connectivity index (χ2n) is 6.80. The maximum atomic E-state index is 11.8. The number of hydrogen-bond donors (Lipinski definition) is 1. The van der Waals surface area contributed by atoms with Crippen LogP contribution in [0.15, 0.2) is 24.3 Å². The molecule has 0 bridgehead atoms. The normalized spacial score (nSPS) is 23.3. The van der Waals surface area contributed by atoms with Gasteiger partial charge in [0, 0.05) is 19.5 Å². The van der Waals surface area contributed by atoms with Crippen LogP contribution in [0.3, 0.4) is 0 Å². The van der Waals surface area contributed by atoms with Gasteiger partial charge >= 0.3 is 5.97 Å². The van der Waals surface area contributed by atoms with Gasteiger partial charge in [-0.25, -0.2) is 0 Å². The van der Waals surface area contributed by atoms with Crippen LogP contribution in [0.25, 0.3) is 0 Å². The van der Waals surface area contributed by atoms with E-state index in [-0.39, 0.29) is 17.4 Å². The number of hydrogen-bond acceptors (Lipinski definition) is 4. The van der Waals surface area contributed by atoms with E-state index in [0.717, 1.165) is 5.56 Å². The fraction of sp³-hybridized carbons (Fsp3) is 0.588. The first-order valence-corrected chi connectivity index (χ1v) is 7.40. The van der Waals surface area contributed by atoms with Crippen molar-refractivity contribution in [3.63, 3.8) is 0 Å². The summed E-state index contributed by atoms with van der Waals surface area (Å²) in [5.41, 5.74) is 2.57. The van der Waals surface area contributed by atoms with E-state index < -0.39 is 6.10 Å². The molecule has 116 valence electrons. The van der Waals surface area contributed by atoms with Crippen LogP contribution in [-0.2, 0) is 21.5 Å². The SMILES string of the molecule is COC(=O)C1CC(O)CN1Cc1ccc(C(C)(C)C)cc1. The molecule has 2 rings (SSSR count). The van der Waals surface area contributed by atoms with Crippen LogP contribution in [0.5, 0.6) is 0 Å². The molecule has 1 aromatic rings. The molecule has 1 aromatic carbocycles. The summed E-state index contributed by atoms with van der Waals surface area (Å²) in [6.45, 7) is 7.73. The second kappa shape index (κ2) is 6.16. The van der Waals surface area contributed by atoms with E-state index in [0.29, 0.717) is 19.5 Å². The van der Waals surface area contributed by atoms with Gasteiger partial charge in [0.25, 0.3) is 0 Å². The van der Waals surface area contributed by atoms with Crippen molar-refractivity contribution in [3.05, 3.63) is 35.4 Å². The zero-order valence-corrected chi connectivity index (χ0v) is 13.3. The van der Waals surface area contributed by atoms with Crippen LogP contribution in [-0.4, -0.2) is 41.8 Å². The van der Waals surface area contributed by atoms with Crippen molar-refractivity contribution in [1.29, 1.82) is 0 Å². The van der Waals surface area contributed by atoms with E-state index in [2.05, 4.69) is 45.0 Å². The predicted molar refractivity (Wildman–Crippen MR) is 82.0 cm³/mol. The Labute approximate surface area is 126 Å². The summed E-state index contributed by atoms with van der Waals surface area (Å²) in [5, 5.41) is 9.79. The van der Waals surface area contributed by atoms with Crippen LogP contribution in [0.2, 0.25) is 0 Å². The van der Waals surface area contributed by atoms with E-state index in [1.807, 2.05) is 4.90 Å². The highest BCUT2D eigenvalue weighted by atomic mass is 16.5. The summed E-state index contributed by atoms with van der Waals surface area (Å²) in [5.74, 6) is -0.266. The highest BCUT2D eigenvalue weighted by Gasteiger charge is 2.36. The molecular formula is C17H25NO3. The Bertz CT molecular complexity index is 490. The van der Waals surface area contributed by atoms with Gasteiger partial charge in [-0.1, -0.05) is 45.0 Å². The van der Waals surface area contributed by atoms with Crippen LogP contribution in [0, 0.1) is 0 Å². The Morgan fingerprint density at radius 3 is 2.48 bits per heavy atom. The number of rotatable bonds is 3. The number of aliphatic hydroxyl groups excluding tert-OH is 1. The fourth-order valence-corrected chi connectivity index (χ4v) is 2.78. The van der Waals surface area contributed by atoms with Gasteiger partial charge in [-0.3, -0.25) is 9.69 Å². The average Bonchev–Trinajstić information content (AvgIpc) is 2.78. The van der Waals surface area contributed by atoms with Gasteiger partial charge in [-0.05, 0) is 16.5 Å². The Kier molecular flexibility index (Phi) is 4.69. The van der Waals surface area contributed by atoms with Gasteiger partial charge in [0.1, 0.15) is 6.04 Å². The van der Waals surface area contributed by atoms with Crippen molar-refractivity contribution in [1.82, 2.24) is 4.90 Å². The van der Waals surface area contributed by atoms with Crippen molar-refractivity contribution < 1.29 is 14.6 Å². The minimum Gasteiger partial charge on any atom is -0.468 e. The third-order valence-corrected chi connectivity index (χ3v) is 4.06. The lowest BCUT2D eigenvalue weighted by Gasteiger charge is -2.23. The molecule has 0 aliphatic carbocycles. The maximum absolute atomic E-state index is 11.8. The zero-order valence-electron chi connectivity index (χ0n) is 13.3. The molecule has 0 amide bonds. The molecule has 0 radical (unpaired) electrons. The highest BCUT2D eigenvalue weighted by Crippen LogP contribution is 2.25. The molecule has 4 heteroatoms. The molecule has 1 saturated heterocycles. The molecule has 1 N–H and O–H groups in total. The monoisotopic (exact) mass is 291 g/mol. The highest BCUT2D eigenvalue weighted by molar-refractivity contribution is 5.76. The molecule has 21 heavy (non-hydrogen) atoms. The molecular weight excluding hydrogens is 266 g/mol. The summed E-state index contributed by atoms with van der Waals surface area (Å²) in [6, 6.07) is 8.12. The van der Waals surface area contributed by atoms with Crippen LogP contribution < -0.4 is 0 Å². The number of nitrogens with zero attached hydrogens (tertiary/aromatic N) is 1. The standard InChI is InChI=1S/C17H25NO3/c1-17(2,3)13-7-5-12(6-8-13)10-18-11-14(19)9-15(18)16(20)21-4/h5-8,14-15,19H,9-11H2,1-4H3. The third-order valence-electron chi connectivity index (χ3n) is 4.06. The molecule has 0 saturated carbocycles. The smallest absolute Gasteiger partial charge is 0.323 e. The number of carbonyl (C=O) groups is 1. The summed E-state index contributed by atoms with van der Waals surface area (Å²) < 4.78 is 4.82. The van der Waals surface area contributed by atoms with Crippen molar-refractivity contribution in [3.8, 4) is 0 Å².